The van der Waals surface area contributed by atoms with Gasteiger partial charge in [-0.3, -0.25) is 32.5 Å². The molecule has 0 aromatic carbocycles. The standard InChI is InChI=1S/C77H128O16P2/c1-4-7-10-13-16-19-22-25-28-30-32-33-34-35-36-37-39-41-43-45-48-51-54-57-60-63-75(80)87-66-72(78)67-89-94(83,84)90-68-73(79)69-91-95(85,86)92-71-74(93-77(82)65-62-59-56-53-50-47-42-27-24-21-18-15-12-9-6-3)70-88-76(81)64-61-58-55-52-49-46-44-40-38-31-29-26-23-20-17-14-11-8-5-2/h7-8,10-11,16-21,25-29,32-33,35-36,38,40,42,46,49,72-74,78-79H,4-6,9,12-15,22-24,30-31,34,37,39,41,43-45,47-48,50-71H2,1-3H3,(H,83,84)(H,85,86)/b10-7-,11-8-,19-16-,20-17-,21-18-,28-25-,29-26-,33-32-,36-35-,40-38-,42-27-,49-46-. The van der Waals surface area contributed by atoms with Crippen molar-refractivity contribution in [2.75, 3.05) is 39.6 Å². The average Bonchev–Trinajstić information content (AvgIpc) is 2.24. The van der Waals surface area contributed by atoms with Gasteiger partial charge in [-0.2, -0.15) is 0 Å². The summed E-state index contributed by atoms with van der Waals surface area (Å²) in [6, 6.07) is 0. The number of ether oxygens (including phenoxy) is 3. The first kappa shape index (κ1) is 90.4. The van der Waals surface area contributed by atoms with E-state index in [9.17, 15) is 43.5 Å². The molecule has 0 saturated heterocycles. The highest BCUT2D eigenvalue weighted by Crippen LogP contribution is 2.45. The van der Waals surface area contributed by atoms with Crippen molar-refractivity contribution in [3.05, 3.63) is 146 Å². The summed E-state index contributed by atoms with van der Waals surface area (Å²) in [4.78, 5) is 58.5. The second-order valence-electron chi connectivity index (χ2n) is 23.6. The van der Waals surface area contributed by atoms with Crippen LogP contribution in [0.5, 0.6) is 0 Å². The Labute approximate surface area is 575 Å². The van der Waals surface area contributed by atoms with Crippen LogP contribution in [0.3, 0.4) is 0 Å². The van der Waals surface area contributed by atoms with Crippen LogP contribution in [0, 0.1) is 0 Å². The fourth-order valence-corrected chi connectivity index (χ4v) is 10.6. The average molecular weight is 1370 g/mol. The minimum Gasteiger partial charge on any atom is -0.463 e. The van der Waals surface area contributed by atoms with E-state index in [2.05, 4.69) is 167 Å². The molecule has 0 rings (SSSR count). The number of carbonyl (C=O) groups excluding carboxylic acids is 3. The van der Waals surface area contributed by atoms with Crippen molar-refractivity contribution < 1.29 is 75.8 Å². The second-order valence-corrected chi connectivity index (χ2v) is 26.5. The van der Waals surface area contributed by atoms with Crippen LogP contribution in [-0.2, 0) is 55.8 Å². The molecule has 0 aliphatic carbocycles. The Bertz CT molecular complexity index is 2310. The normalized spacial score (nSPS) is 15.0. The van der Waals surface area contributed by atoms with Crippen molar-refractivity contribution >= 4 is 33.6 Å². The second kappa shape index (κ2) is 69.3. The summed E-state index contributed by atoms with van der Waals surface area (Å²) in [6.45, 7) is 2.34. The third kappa shape index (κ3) is 70.6. The number of hydrogen-bond acceptors (Lipinski definition) is 14. The van der Waals surface area contributed by atoms with E-state index in [4.69, 9.17) is 32.3 Å². The van der Waals surface area contributed by atoms with Crippen molar-refractivity contribution in [3.63, 3.8) is 0 Å². The predicted octanol–water partition coefficient (Wildman–Crippen LogP) is 20.5. The molecule has 5 unspecified atom stereocenters. The van der Waals surface area contributed by atoms with Gasteiger partial charge in [-0.25, -0.2) is 9.13 Å². The van der Waals surface area contributed by atoms with E-state index in [1.165, 1.54) is 44.9 Å². The number of hydrogen-bond donors (Lipinski definition) is 4. The third-order valence-electron chi connectivity index (χ3n) is 14.5. The molecule has 4 N–H and O–H groups in total. The molecule has 0 amide bonds. The highest BCUT2D eigenvalue weighted by molar-refractivity contribution is 7.47. The molecule has 0 bridgehead atoms. The molecule has 0 spiro atoms. The smallest absolute Gasteiger partial charge is 0.463 e. The Balaban J connectivity index is 4.65. The lowest BCUT2D eigenvalue weighted by atomic mass is 10.1. The van der Waals surface area contributed by atoms with Gasteiger partial charge in [0.15, 0.2) is 6.10 Å². The van der Waals surface area contributed by atoms with Gasteiger partial charge in [0.05, 0.1) is 26.4 Å². The van der Waals surface area contributed by atoms with E-state index in [-0.39, 0.29) is 19.3 Å². The van der Waals surface area contributed by atoms with Gasteiger partial charge in [0.1, 0.15) is 25.4 Å². The first-order valence-electron chi connectivity index (χ1n) is 36.1. The summed E-state index contributed by atoms with van der Waals surface area (Å²) in [5, 5.41) is 20.6. The molecule has 542 valence electrons. The number of esters is 3. The number of unbranched alkanes of at least 4 members (excludes halogenated alkanes) is 20. The zero-order valence-electron chi connectivity index (χ0n) is 58.8. The Morgan fingerprint density at radius 1 is 0.305 bits per heavy atom. The van der Waals surface area contributed by atoms with E-state index >= 15 is 0 Å². The van der Waals surface area contributed by atoms with Crippen molar-refractivity contribution in [3.8, 4) is 0 Å². The van der Waals surface area contributed by atoms with Crippen molar-refractivity contribution in [1.29, 1.82) is 0 Å². The maximum Gasteiger partial charge on any atom is 0.472 e. The van der Waals surface area contributed by atoms with Crippen LogP contribution in [0.25, 0.3) is 0 Å². The Morgan fingerprint density at radius 2 is 0.558 bits per heavy atom. The number of carbonyl (C=O) groups is 3. The van der Waals surface area contributed by atoms with Crippen molar-refractivity contribution in [2.24, 2.45) is 0 Å². The minimum atomic E-state index is -4.94. The molecule has 16 nitrogen and oxygen atoms in total. The molecule has 95 heavy (non-hydrogen) atoms. The summed E-state index contributed by atoms with van der Waals surface area (Å²) >= 11 is 0. The molecule has 5 atom stereocenters. The molecule has 0 aliphatic heterocycles. The number of rotatable bonds is 67. The molecular weight excluding hydrogens is 1240 g/mol. The summed E-state index contributed by atoms with van der Waals surface area (Å²) in [7, 11) is -9.81. The number of aliphatic hydroxyl groups excluding tert-OH is 2. The molecule has 0 aromatic heterocycles. The fraction of sp³-hybridized carbons (Fsp3) is 0.649. The van der Waals surface area contributed by atoms with Gasteiger partial charge >= 0.3 is 33.6 Å². The number of allylic oxidation sites excluding steroid dienone is 24. The topological polar surface area (TPSA) is 231 Å². The van der Waals surface area contributed by atoms with Crippen molar-refractivity contribution in [2.45, 2.75) is 283 Å². The maximum absolute atomic E-state index is 12.9. The van der Waals surface area contributed by atoms with Gasteiger partial charge in [0.25, 0.3) is 0 Å². The monoisotopic (exact) mass is 1370 g/mol. The van der Waals surface area contributed by atoms with Crippen molar-refractivity contribution in [1.82, 2.24) is 0 Å². The van der Waals surface area contributed by atoms with Gasteiger partial charge in [-0.05, 0) is 141 Å². The van der Waals surface area contributed by atoms with Gasteiger partial charge in [0.2, 0.25) is 0 Å². The van der Waals surface area contributed by atoms with Crippen LogP contribution >= 0.6 is 15.6 Å². The van der Waals surface area contributed by atoms with E-state index in [0.717, 1.165) is 161 Å². The van der Waals surface area contributed by atoms with Gasteiger partial charge in [0, 0.05) is 19.3 Å². The number of phosphoric acid groups is 2. The van der Waals surface area contributed by atoms with Crippen LogP contribution < -0.4 is 0 Å². The highest BCUT2D eigenvalue weighted by Gasteiger charge is 2.29. The van der Waals surface area contributed by atoms with E-state index in [0.29, 0.717) is 19.3 Å². The fourth-order valence-electron chi connectivity index (χ4n) is 9.06. The molecule has 18 heteroatoms. The first-order chi connectivity index (χ1) is 46.2. The highest BCUT2D eigenvalue weighted by atomic mass is 31.2. The number of phosphoric ester groups is 2. The van der Waals surface area contributed by atoms with Gasteiger partial charge in [-0.1, -0.05) is 250 Å². The lowest BCUT2D eigenvalue weighted by Gasteiger charge is -2.21. The Kier molecular flexibility index (Phi) is 66.0. The van der Waals surface area contributed by atoms with Crippen LogP contribution in [0.1, 0.15) is 265 Å². The molecule has 0 fully saturated rings. The van der Waals surface area contributed by atoms with Gasteiger partial charge < -0.3 is 34.2 Å². The van der Waals surface area contributed by atoms with E-state index in [1.54, 1.807) is 0 Å². The predicted molar refractivity (Wildman–Crippen MR) is 389 cm³/mol. The van der Waals surface area contributed by atoms with E-state index < -0.39 is 91.5 Å². The summed E-state index contributed by atoms with van der Waals surface area (Å²) < 4.78 is 60.9. The lowest BCUT2D eigenvalue weighted by Crippen LogP contribution is -2.30. The Morgan fingerprint density at radius 3 is 0.895 bits per heavy atom. The lowest BCUT2D eigenvalue weighted by molar-refractivity contribution is -0.161. The van der Waals surface area contributed by atoms with Gasteiger partial charge in [-0.15, -0.1) is 0 Å². The van der Waals surface area contributed by atoms with Crippen LogP contribution in [-0.4, -0.2) is 95.9 Å². The quantitative estimate of drug-likeness (QED) is 0.0146. The summed E-state index contributed by atoms with van der Waals surface area (Å²) in [6.07, 6.45) is 83.2. The molecule has 0 aromatic rings. The molecule has 0 saturated carbocycles. The number of aliphatic hydroxyl groups is 2. The SMILES string of the molecule is CC/C=C\C/C=C\C/C=C\C/C=C\C/C=C\CCCCCCCCCCCC(=O)OCC(O)COP(=O)(O)OCC(O)COP(=O)(O)OCC(COC(=O)CCCCC/C=C\C/C=C\C/C=C\C/C=C\C/C=C\CC)OC(=O)CCCCCCC/C=C\C/C=C\CCCCC. The maximum atomic E-state index is 12.9. The third-order valence-corrected chi connectivity index (χ3v) is 16.4. The summed E-state index contributed by atoms with van der Waals surface area (Å²) in [5.41, 5.74) is 0. The summed E-state index contributed by atoms with van der Waals surface area (Å²) in [5.74, 6) is -1.64. The first-order valence-corrected chi connectivity index (χ1v) is 39.1. The van der Waals surface area contributed by atoms with Crippen LogP contribution in [0.4, 0.5) is 0 Å². The zero-order valence-corrected chi connectivity index (χ0v) is 60.6. The molecular formula is C77H128O16P2. The largest absolute Gasteiger partial charge is 0.472 e. The Hall–Kier alpha value is -4.57. The van der Waals surface area contributed by atoms with Crippen LogP contribution in [0.2, 0.25) is 0 Å². The van der Waals surface area contributed by atoms with E-state index in [1.807, 2.05) is 0 Å². The minimum absolute atomic E-state index is 0.0766. The van der Waals surface area contributed by atoms with Crippen LogP contribution in [0.15, 0.2) is 146 Å². The molecule has 0 aliphatic rings. The molecule has 0 heterocycles. The zero-order chi connectivity index (χ0) is 69.5. The molecule has 0 radical (unpaired) electrons.